The second-order valence-corrected chi connectivity index (χ2v) is 4.73. The van der Waals surface area contributed by atoms with Crippen molar-refractivity contribution >= 4 is 17.3 Å². The maximum absolute atomic E-state index is 13.6. The van der Waals surface area contributed by atoms with Gasteiger partial charge in [-0.15, -0.1) is 5.10 Å². The fourth-order valence-corrected chi connectivity index (χ4v) is 2.39. The summed E-state index contributed by atoms with van der Waals surface area (Å²) in [5.74, 6) is -0.685. The molecule has 0 bridgehead atoms. The average molecular weight is 280 g/mol. The number of rotatable bonds is 5. The van der Waals surface area contributed by atoms with E-state index in [9.17, 15) is 9.18 Å². The molecule has 4 nitrogen and oxygen atoms in total. The highest BCUT2D eigenvalue weighted by atomic mass is 32.1. The Hall–Kier alpha value is -1.82. The minimum Gasteiger partial charge on any atom is -0.494 e. The molecule has 100 valence electrons. The molecule has 0 N–H and O–H groups in total. The summed E-state index contributed by atoms with van der Waals surface area (Å²) >= 11 is 1.04. The SMILES string of the molecule is CCCc1nnsc1C(=O)c1ccc(OC)c(F)c1. The van der Waals surface area contributed by atoms with Gasteiger partial charge < -0.3 is 4.74 Å². The Morgan fingerprint density at radius 2 is 2.26 bits per heavy atom. The number of aromatic nitrogens is 2. The number of benzene rings is 1. The van der Waals surface area contributed by atoms with Crippen molar-refractivity contribution in [1.29, 1.82) is 0 Å². The van der Waals surface area contributed by atoms with Crippen LogP contribution in [0.25, 0.3) is 0 Å². The second-order valence-electron chi connectivity index (χ2n) is 3.98. The lowest BCUT2D eigenvalue weighted by Crippen LogP contribution is -2.04. The van der Waals surface area contributed by atoms with Crippen LogP contribution >= 0.6 is 11.5 Å². The van der Waals surface area contributed by atoms with Crippen LogP contribution in [-0.4, -0.2) is 22.5 Å². The molecule has 0 fully saturated rings. The number of hydrogen-bond donors (Lipinski definition) is 0. The number of methoxy groups -OCH3 is 1. The van der Waals surface area contributed by atoms with E-state index in [-0.39, 0.29) is 17.1 Å². The van der Waals surface area contributed by atoms with Crippen LogP contribution in [0.5, 0.6) is 5.75 Å². The van der Waals surface area contributed by atoms with E-state index in [1.807, 2.05) is 6.92 Å². The van der Waals surface area contributed by atoms with Crippen molar-refractivity contribution in [3.8, 4) is 5.75 Å². The van der Waals surface area contributed by atoms with Gasteiger partial charge in [-0.05, 0) is 36.2 Å². The van der Waals surface area contributed by atoms with Gasteiger partial charge in [0.05, 0.1) is 12.8 Å². The lowest BCUT2D eigenvalue weighted by molar-refractivity contribution is 0.104. The van der Waals surface area contributed by atoms with Crippen molar-refractivity contribution in [2.45, 2.75) is 19.8 Å². The van der Waals surface area contributed by atoms with Gasteiger partial charge in [0, 0.05) is 5.56 Å². The molecular formula is C13H13FN2O2S. The molecule has 0 saturated carbocycles. The quantitative estimate of drug-likeness (QED) is 0.790. The smallest absolute Gasteiger partial charge is 0.206 e. The van der Waals surface area contributed by atoms with Crippen molar-refractivity contribution in [2.24, 2.45) is 0 Å². The zero-order chi connectivity index (χ0) is 13.8. The van der Waals surface area contributed by atoms with Gasteiger partial charge in [-0.3, -0.25) is 4.79 Å². The van der Waals surface area contributed by atoms with Gasteiger partial charge in [-0.1, -0.05) is 17.8 Å². The predicted molar refractivity (Wildman–Crippen MR) is 70.3 cm³/mol. The normalized spacial score (nSPS) is 10.5. The number of halogens is 1. The molecule has 1 aromatic heterocycles. The van der Waals surface area contributed by atoms with E-state index in [0.29, 0.717) is 17.0 Å². The number of ether oxygens (including phenoxy) is 1. The molecule has 0 aliphatic rings. The lowest BCUT2D eigenvalue weighted by atomic mass is 10.1. The van der Waals surface area contributed by atoms with Gasteiger partial charge in [-0.25, -0.2) is 4.39 Å². The fourth-order valence-electron chi connectivity index (χ4n) is 1.72. The molecule has 19 heavy (non-hydrogen) atoms. The van der Waals surface area contributed by atoms with Gasteiger partial charge in [0.1, 0.15) is 4.88 Å². The Bertz CT molecular complexity index is 598. The molecule has 0 aliphatic carbocycles. The van der Waals surface area contributed by atoms with Crippen molar-refractivity contribution in [2.75, 3.05) is 7.11 Å². The van der Waals surface area contributed by atoms with Crippen LogP contribution in [0, 0.1) is 5.82 Å². The molecule has 1 aromatic carbocycles. The molecule has 6 heteroatoms. The Labute approximate surface area is 114 Å². The number of aryl methyl sites for hydroxylation is 1. The molecule has 0 saturated heterocycles. The number of carbonyl (C=O) groups is 1. The van der Waals surface area contributed by atoms with E-state index >= 15 is 0 Å². The summed E-state index contributed by atoms with van der Waals surface area (Å²) in [5, 5.41) is 3.94. The standard InChI is InChI=1S/C13H13FN2O2S/c1-3-4-10-13(19-16-15-10)12(17)8-5-6-11(18-2)9(14)7-8/h5-7H,3-4H2,1-2H3. The molecule has 0 aliphatic heterocycles. The van der Waals surface area contributed by atoms with E-state index in [1.165, 1.54) is 19.2 Å². The van der Waals surface area contributed by atoms with Crippen molar-refractivity contribution in [1.82, 2.24) is 9.59 Å². The van der Waals surface area contributed by atoms with E-state index in [2.05, 4.69) is 9.59 Å². The highest BCUT2D eigenvalue weighted by Gasteiger charge is 2.18. The molecule has 0 atom stereocenters. The molecule has 0 spiro atoms. The lowest BCUT2D eigenvalue weighted by Gasteiger charge is -2.04. The molecule has 0 amide bonds. The summed E-state index contributed by atoms with van der Waals surface area (Å²) < 4.78 is 22.2. The first-order valence-electron chi connectivity index (χ1n) is 5.86. The third kappa shape index (κ3) is 2.78. The molecular weight excluding hydrogens is 267 g/mol. The van der Waals surface area contributed by atoms with Crippen LogP contribution in [0.15, 0.2) is 18.2 Å². The maximum Gasteiger partial charge on any atom is 0.206 e. The predicted octanol–water partition coefficient (Wildman–Crippen LogP) is 2.87. The summed E-state index contributed by atoms with van der Waals surface area (Å²) in [6.07, 6.45) is 1.57. The van der Waals surface area contributed by atoms with Crippen molar-refractivity contribution < 1.29 is 13.9 Å². The molecule has 2 rings (SSSR count). The highest BCUT2D eigenvalue weighted by Crippen LogP contribution is 2.22. The van der Waals surface area contributed by atoms with Gasteiger partial charge in [0.15, 0.2) is 11.6 Å². The van der Waals surface area contributed by atoms with Crippen LogP contribution in [0.3, 0.4) is 0 Å². The Morgan fingerprint density at radius 1 is 1.47 bits per heavy atom. The highest BCUT2D eigenvalue weighted by molar-refractivity contribution is 7.08. The molecule has 2 aromatic rings. The first kappa shape index (κ1) is 13.6. The molecule has 0 radical (unpaired) electrons. The van der Waals surface area contributed by atoms with Crippen LogP contribution < -0.4 is 4.74 Å². The zero-order valence-corrected chi connectivity index (χ0v) is 11.5. The van der Waals surface area contributed by atoms with E-state index in [1.54, 1.807) is 6.07 Å². The first-order valence-corrected chi connectivity index (χ1v) is 6.64. The molecule has 1 heterocycles. The van der Waals surface area contributed by atoms with Gasteiger partial charge in [0.25, 0.3) is 0 Å². The monoisotopic (exact) mass is 280 g/mol. The van der Waals surface area contributed by atoms with E-state index in [4.69, 9.17) is 4.74 Å². The zero-order valence-electron chi connectivity index (χ0n) is 10.6. The molecule has 0 unspecified atom stereocenters. The Balaban J connectivity index is 2.33. The average Bonchev–Trinajstić information content (AvgIpc) is 2.86. The fraction of sp³-hybridized carbons (Fsp3) is 0.308. The summed E-state index contributed by atoms with van der Waals surface area (Å²) in [5.41, 5.74) is 0.954. The Kier molecular flexibility index (Phi) is 4.21. The number of ketones is 1. The largest absolute Gasteiger partial charge is 0.494 e. The maximum atomic E-state index is 13.6. The van der Waals surface area contributed by atoms with Crippen LogP contribution in [0.4, 0.5) is 4.39 Å². The van der Waals surface area contributed by atoms with E-state index < -0.39 is 5.82 Å². The third-order valence-corrected chi connectivity index (χ3v) is 3.43. The summed E-state index contributed by atoms with van der Waals surface area (Å²) in [4.78, 5) is 12.8. The van der Waals surface area contributed by atoms with Crippen molar-refractivity contribution in [3.63, 3.8) is 0 Å². The van der Waals surface area contributed by atoms with Crippen molar-refractivity contribution in [3.05, 3.63) is 40.2 Å². The third-order valence-electron chi connectivity index (χ3n) is 2.66. The van der Waals surface area contributed by atoms with Crippen LogP contribution in [0.1, 0.15) is 34.3 Å². The van der Waals surface area contributed by atoms with Gasteiger partial charge in [0.2, 0.25) is 5.78 Å². The summed E-state index contributed by atoms with van der Waals surface area (Å²) in [6, 6.07) is 4.16. The number of hydrogen-bond acceptors (Lipinski definition) is 5. The number of carbonyl (C=O) groups excluding carboxylic acids is 1. The second kappa shape index (κ2) is 5.88. The Morgan fingerprint density at radius 3 is 2.89 bits per heavy atom. The topological polar surface area (TPSA) is 52.1 Å². The van der Waals surface area contributed by atoms with Gasteiger partial charge in [-0.2, -0.15) is 0 Å². The number of nitrogens with zero attached hydrogens (tertiary/aromatic N) is 2. The first-order chi connectivity index (χ1) is 9.17. The minimum atomic E-state index is -0.553. The minimum absolute atomic E-state index is 0.118. The van der Waals surface area contributed by atoms with E-state index in [0.717, 1.165) is 18.0 Å². The summed E-state index contributed by atoms with van der Waals surface area (Å²) in [7, 11) is 1.38. The van der Waals surface area contributed by atoms with Crippen LogP contribution in [-0.2, 0) is 6.42 Å². The van der Waals surface area contributed by atoms with Crippen LogP contribution in [0.2, 0.25) is 0 Å². The van der Waals surface area contributed by atoms with Gasteiger partial charge >= 0.3 is 0 Å². The summed E-state index contributed by atoms with van der Waals surface area (Å²) in [6.45, 7) is 2.00.